The highest BCUT2D eigenvalue weighted by Gasteiger charge is 2.03. The summed E-state index contributed by atoms with van der Waals surface area (Å²) in [6, 6.07) is 12.9. The Morgan fingerprint density at radius 2 is 1.67 bits per heavy atom. The SMILES string of the molecule is Cc1cc(CO)ccc1Oc1cccc(CO)c1. The summed E-state index contributed by atoms with van der Waals surface area (Å²) in [7, 11) is 0. The number of hydrogen-bond acceptors (Lipinski definition) is 3. The summed E-state index contributed by atoms with van der Waals surface area (Å²) in [5, 5.41) is 18.1. The fourth-order valence-electron chi connectivity index (χ4n) is 1.76. The molecule has 0 spiro atoms. The molecule has 0 aliphatic carbocycles. The molecule has 0 unspecified atom stereocenters. The molecule has 0 bridgehead atoms. The summed E-state index contributed by atoms with van der Waals surface area (Å²) in [6.07, 6.45) is 0. The van der Waals surface area contributed by atoms with E-state index in [2.05, 4.69) is 0 Å². The van der Waals surface area contributed by atoms with Crippen molar-refractivity contribution < 1.29 is 14.9 Å². The van der Waals surface area contributed by atoms with Gasteiger partial charge in [0.1, 0.15) is 11.5 Å². The third-order valence-electron chi connectivity index (χ3n) is 2.73. The Bertz CT molecular complexity index is 535. The van der Waals surface area contributed by atoms with E-state index in [0.717, 1.165) is 22.4 Å². The largest absolute Gasteiger partial charge is 0.457 e. The van der Waals surface area contributed by atoms with E-state index < -0.39 is 0 Å². The molecule has 0 amide bonds. The van der Waals surface area contributed by atoms with E-state index in [0.29, 0.717) is 5.75 Å². The van der Waals surface area contributed by atoms with Crippen molar-refractivity contribution in [2.75, 3.05) is 0 Å². The summed E-state index contributed by atoms with van der Waals surface area (Å²) >= 11 is 0. The molecule has 3 heteroatoms. The first-order valence-corrected chi connectivity index (χ1v) is 5.81. The van der Waals surface area contributed by atoms with Gasteiger partial charge in [-0.15, -0.1) is 0 Å². The van der Waals surface area contributed by atoms with E-state index in [1.54, 1.807) is 6.07 Å². The number of hydrogen-bond donors (Lipinski definition) is 2. The third-order valence-corrected chi connectivity index (χ3v) is 2.73. The van der Waals surface area contributed by atoms with Crippen LogP contribution in [0.5, 0.6) is 11.5 Å². The Morgan fingerprint density at radius 3 is 2.33 bits per heavy atom. The van der Waals surface area contributed by atoms with Crippen molar-refractivity contribution >= 4 is 0 Å². The standard InChI is InChI=1S/C15H16O3/c1-11-7-13(10-17)5-6-15(11)18-14-4-2-3-12(8-14)9-16/h2-8,16-17H,9-10H2,1H3. The molecule has 0 aliphatic heterocycles. The number of aliphatic hydroxyl groups is 2. The number of rotatable bonds is 4. The van der Waals surface area contributed by atoms with E-state index in [9.17, 15) is 0 Å². The van der Waals surface area contributed by atoms with E-state index in [4.69, 9.17) is 14.9 Å². The lowest BCUT2D eigenvalue weighted by atomic mass is 10.1. The predicted molar refractivity (Wildman–Crippen MR) is 69.5 cm³/mol. The van der Waals surface area contributed by atoms with Crippen molar-refractivity contribution in [3.05, 3.63) is 59.2 Å². The first-order chi connectivity index (χ1) is 8.72. The highest BCUT2D eigenvalue weighted by Crippen LogP contribution is 2.26. The Hall–Kier alpha value is -1.84. The predicted octanol–water partition coefficient (Wildman–Crippen LogP) is 2.77. The fourth-order valence-corrected chi connectivity index (χ4v) is 1.76. The Morgan fingerprint density at radius 1 is 0.944 bits per heavy atom. The molecule has 2 rings (SSSR count). The van der Waals surface area contributed by atoms with Gasteiger partial charge in [0.2, 0.25) is 0 Å². The molecule has 0 saturated carbocycles. The lowest BCUT2D eigenvalue weighted by molar-refractivity contribution is 0.281. The van der Waals surface area contributed by atoms with Gasteiger partial charge in [-0.05, 0) is 41.8 Å². The summed E-state index contributed by atoms with van der Waals surface area (Å²) in [6.45, 7) is 1.96. The zero-order valence-corrected chi connectivity index (χ0v) is 10.3. The molecule has 18 heavy (non-hydrogen) atoms. The van der Waals surface area contributed by atoms with E-state index in [1.807, 2.05) is 43.3 Å². The highest BCUT2D eigenvalue weighted by molar-refractivity contribution is 5.40. The minimum atomic E-state index is -0.000365. The summed E-state index contributed by atoms with van der Waals surface area (Å²) in [5.74, 6) is 1.45. The van der Waals surface area contributed by atoms with Gasteiger partial charge in [0.05, 0.1) is 13.2 Å². The number of aryl methyl sites for hydroxylation is 1. The second kappa shape index (κ2) is 5.67. The van der Waals surface area contributed by atoms with Crippen LogP contribution >= 0.6 is 0 Å². The van der Waals surface area contributed by atoms with Crippen LogP contribution in [0.15, 0.2) is 42.5 Å². The van der Waals surface area contributed by atoms with Gasteiger partial charge < -0.3 is 14.9 Å². The fraction of sp³-hybridized carbons (Fsp3) is 0.200. The van der Waals surface area contributed by atoms with E-state index in [1.165, 1.54) is 0 Å². The minimum absolute atomic E-state index is 0.000365. The van der Waals surface area contributed by atoms with Gasteiger partial charge in [-0.3, -0.25) is 0 Å². The molecule has 0 aliphatic rings. The van der Waals surface area contributed by atoms with Gasteiger partial charge in [0.15, 0.2) is 0 Å². The van der Waals surface area contributed by atoms with Crippen LogP contribution in [-0.4, -0.2) is 10.2 Å². The summed E-state index contributed by atoms with van der Waals surface area (Å²) in [5.41, 5.74) is 2.65. The van der Waals surface area contributed by atoms with Crippen molar-refractivity contribution in [1.82, 2.24) is 0 Å². The highest BCUT2D eigenvalue weighted by atomic mass is 16.5. The maximum absolute atomic E-state index is 9.07. The lowest BCUT2D eigenvalue weighted by Gasteiger charge is -2.10. The number of benzene rings is 2. The normalized spacial score (nSPS) is 10.4. The lowest BCUT2D eigenvalue weighted by Crippen LogP contribution is -1.91. The molecule has 0 fully saturated rings. The van der Waals surface area contributed by atoms with Crippen LogP contribution in [0.4, 0.5) is 0 Å². The second-order valence-electron chi connectivity index (χ2n) is 4.17. The van der Waals surface area contributed by atoms with Crippen molar-refractivity contribution in [2.24, 2.45) is 0 Å². The molecular formula is C15H16O3. The quantitative estimate of drug-likeness (QED) is 0.869. The molecule has 2 N–H and O–H groups in total. The van der Waals surface area contributed by atoms with Crippen LogP contribution in [0.2, 0.25) is 0 Å². The van der Waals surface area contributed by atoms with Gasteiger partial charge in [0, 0.05) is 0 Å². The second-order valence-corrected chi connectivity index (χ2v) is 4.17. The van der Waals surface area contributed by atoms with Gasteiger partial charge >= 0.3 is 0 Å². The smallest absolute Gasteiger partial charge is 0.130 e. The average molecular weight is 244 g/mol. The van der Waals surface area contributed by atoms with Crippen molar-refractivity contribution in [3.8, 4) is 11.5 Å². The van der Waals surface area contributed by atoms with Crippen molar-refractivity contribution in [2.45, 2.75) is 20.1 Å². The average Bonchev–Trinajstić information content (AvgIpc) is 2.41. The van der Waals surface area contributed by atoms with E-state index >= 15 is 0 Å². The third kappa shape index (κ3) is 2.88. The Kier molecular flexibility index (Phi) is 3.97. The monoisotopic (exact) mass is 244 g/mol. The molecule has 94 valence electrons. The summed E-state index contributed by atoms with van der Waals surface area (Å²) < 4.78 is 5.76. The minimum Gasteiger partial charge on any atom is -0.457 e. The maximum atomic E-state index is 9.07. The van der Waals surface area contributed by atoms with Crippen molar-refractivity contribution in [3.63, 3.8) is 0 Å². The topological polar surface area (TPSA) is 49.7 Å². The molecule has 0 aromatic heterocycles. The Balaban J connectivity index is 2.22. The van der Waals surface area contributed by atoms with Gasteiger partial charge in [-0.25, -0.2) is 0 Å². The van der Waals surface area contributed by atoms with Crippen LogP contribution in [0.25, 0.3) is 0 Å². The Labute approximate surface area is 106 Å². The molecule has 0 atom stereocenters. The van der Waals surface area contributed by atoms with Crippen molar-refractivity contribution in [1.29, 1.82) is 0 Å². The molecular weight excluding hydrogens is 228 g/mol. The van der Waals surface area contributed by atoms with Crippen LogP contribution < -0.4 is 4.74 Å². The molecule has 2 aromatic rings. The summed E-state index contributed by atoms with van der Waals surface area (Å²) in [4.78, 5) is 0. The zero-order valence-electron chi connectivity index (χ0n) is 10.3. The van der Waals surface area contributed by atoms with Gasteiger partial charge in [-0.1, -0.05) is 24.3 Å². The first kappa shape index (κ1) is 12.6. The maximum Gasteiger partial charge on any atom is 0.130 e. The van der Waals surface area contributed by atoms with Gasteiger partial charge in [-0.2, -0.15) is 0 Å². The molecule has 0 saturated heterocycles. The van der Waals surface area contributed by atoms with Gasteiger partial charge in [0.25, 0.3) is 0 Å². The molecule has 0 radical (unpaired) electrons. The van der Waals surface area contributed by atoms with E-state index in [-0.39, 0.29) is 13.2 Å². The molecule has 3 nitrogen and oxygen atoms in total. The zero-order chi connectivity index (χ0) is 13.0. The molecule has 2 aromatic carbocycles. The van der Waals surface area contributed by atoms with Crippen LogP contribution in [0.1, 0.15) is 16.7 Å². The first-order valence-electron chi connectivity index (χ1n) is 5.81. The number of ether oxygens (including phenoxy) is 1. The number of aliphatic hydroxyl groups excluding tert-OH is 2. The van der Waals surface area contributed by atoms with Crippen LogP contribution in [0, 0.1) is 6.92 Å². The molecule has 0 heterocycles. The van der Waals surface area contributed by atoms with Crippen LogP contribution in [-0.2, 0) is 13.2 Å². The van der Waals surface area contributed by atoms with Crippen LogP contribution in [0.3, 0.4) is 0 Å².